The molecule has 0 saturated carbocycles. The summed E-state index contributed by atoms with van der Waals surface area (Å²) in [5.74, 6) is -0.226. The summed E-state index contributed by atoms with van der Waals surface area (Å²) in [6.07, 6.45) is 0.602. The molecular formula is C17H24N2O4S. The van der Waals surface area contributed by atoms with Crippen LogP contribution in [0.25, 0.3) is 0 Å². The Morgan fingerprint density at radius 2 is 1.83 bits per heavy atom. The van der Waals surface area contributed by atoms with E-state index in [0.29, 0.717) is 6.42 Å². The Bertz CT molecular complexity index is 723. The molecule has 6 nitrogen and oxygen atoms in total. The van der Waals surface area contributed by atoms with E-state index < -0.39 is 9.84 Å². The second-order valence-electron chi connectivity index (χ2n) is 6.43. The molecule has 1 heterocycles. The van der Waals surface area contributed by atoms with Crippen molar-refractivity contribution in [2.45, 2.75) is 39.7 Å². The van der Waals surface area contributed by atoms with Gasteiger partial charge in [0, 0.05) is 31.6 Å². The van der Waals surface area contributed by atoms with Gasteiger partial charge in [-0.15, -0.1) is 0 Å². The Morgan fingerprint density at radius 1 is 1.21 bits per heavy atom. The van der Waals surface area contributed by atoms with Crippen LogP contribution in [-0.4, -0.2) is 44.3 Å². The molecule has 1 aromatic carbocycles. The van der Waals surface area contributed by atoms with Gasteiger partial charge in [-0.2, -0.15) is 0 Å². The highest BCUT2D eigenvalue weighted by molar-refractivity contribution is 7.91. The van der Waals surface area contributed by atoms with E-state index in [4.69, 9.17) is 0 Å². The van der Waals surface area contributed by atoms with Gasteiger partial charge in [-0.25, -0.2) is 8.42 Å². The van der Waals surface area contributed by atoms with E-state index in [1.165, 1.54) is 6.92 Å². The fourth-order valence-corrected chi connectivity index (χ4v) is 4.67. The van der Waals surface area contributed by atoms with E-state index >= 15 is 0 Å². The lowest BCUT2D eigenvalue weighted by atomic mass is 10.1. The Hall–Kier alpha value is -1.89. The van der Waals surface area contributed by atoms with Crippen LogP contribution in [-0.2, 0) is 19.4 Å². The zero-order chi connectivity index (χ0) is 17.9. The van der Waals surface area contributed by atoms with E-state index in [1.807, 2.05) is 32.0 Å². The molecule has 24 heavy (non-hydrogen) atoms. The monoisotopic (exact) mass is 352 g/mol. The zero-order valence-electron chi connectivity index (χ0n) is 14.3. The first-order valence-electron chi connectivity index (χ1n) is 8.02. The number of amides is 2. The molecule has 1 N–H and O–H groups in total. The number of nitrogens with one attached hydrogen (secondary N) is 1. The minimum atomic E-state index is -3.02. The molecule has 1 aliphatic heterocycles. The average Bonchev–Trinajstić information content (AvgIpc) is 2.76. The number of carbonyl (C=O) groups is 2. The van der Waals surface area contributed by atoms with Crippen LogP contribution in [0, 0.1) is 13.8 Å². The lowest BCUT2D eigenvalue weighted by Crippen LogP contribution is -2.38. The van der Waals surface area contributed by atoms with Crippen LogP contribution in [0.1, 0.15) is 30.9 Å². The molecule has 0 radical (unpaired) electrons. The number of hydrogen-bond donors (Lipinski definition) is 1. The quantitative estimate of drug-likeness (QED) is 0.867. The van der Waals surface area contributed by atoms with Gasteiger partial charge in [0.05, 0.1) is 11.5 Å². The molecular weight excluding hydrogens is 328 g/mol. The summed E-state index contributed by atoms with van der Waals surface area (Å²) in [5, 5.41) is 2.75. The molecule has 1 aromatic rings. The molecule has 7 heteroatoms. The number of benzene rings is 1. The van der Waals surface area contributed by atoms with Gasteiger partial charge in [0.15, 0.2) is 9.84 Å². The fraction of sp³-hybridized carbons (Fsp3) is 0.529. The summed E-state index contributed by atoms with van der Waals surface area (Å²) in [5.41, 5.74) is 2.88. The van der Waals surface area contributed by atoms with E-state index in [0.717, 1.165) is 16.8 Å². The maximum absolute atomic E-state index is 12.1. The molecule has 0 spiro atoms. The Labute approximate surface area is 143 Å². The molecule has 132 valence electrons. The zero-order valence-corrected chi connectivity index (χ0v) is 15.1. The Balaban J connectivity index is 1.96. The molecule has 1 aliphatic rings. The summed E-state index contributed by atoms with van der Waals surface area (Å²) >= 11 is 0. The predicted octanol–water partition coefficient (Wildman–Crippen LogP) is 1.35. The number of nitrogens with zero attached hydrogens (tertiary/aromatic N) is 1. The smallest absolute Gasteiger partial charge is 0.223 e. The minimum Gasteiger partial charge on any atom is -0.352 e. The van der Waals surface area contributed by atoms with Gasteiger partial charge in [-0.05, 0) is 43.5 Å². The van der Waals surface area contributed by atoms with Gasteiger partial charge in [0.1, 0.15) is 0 Å². The Kier molecular flexibility index (Phi) is 5.64. The van der Waals surface area contributed by atoms with Crippen LogP contribution in [0.4, 0.5) is 5.69 Å². The molecule has 2 rings (SSSR count). The minimum absolute atomic E-state index is 0.00619. The van der Waals surface area contributed by atoms with Gasteiger partial charge < -0.3 is 10.2 Å². The number of aryl methyl sites for hydroxylation is 2. The van der Waals surface area contributed by atoms with Crippen molar-refractivity contribution in [3.05, 3.63) is 29.3 Å². The third-order valence-electron chi connectivity index (χ3n) is 4.06. The highest BCUT2D eigenvalue weighted by atomic mass is 32.2. The third kappa shape index (κ3) is 5.06. The van der Waals surface area contributed by atoms with Crippen molar-refractivity contribution < 1.29 is 18.0 Å². The number of carbonyl (C=O) groups excluding carboxylic acids is 2. The highest BCUT2D eigenvalue weighted by Gasteiger charge is 2.28. The van der Waals surface area contributed by atoms with Crippen LogP contribution in [0.2, 0.25) is 0 Å². The Morgan fingerprint density at radius 3 is 2.33 bits per heavy atom. The lowest BCUT2D eigenvalue weighted by Gasteiger charge is -2.22. The van der Waals surface area contributed by atoms with Crippen molar-refractivity contribution in [2.24, 2.45) is 0 Å². The predicted molar refractivity (Wildman–Crippen MR) is 93.8 cm³/mol. The van der Waals surface area contributed by atoms with Crippen LogP contribution in [0.3, 0.4) is 0 Å². The highest BCUT2D eigenvalue weighted by Crippen LogP contribution is 2.19. The summed E-state index contributed by atoms with van der Waals surface area (Å²) in [4.78, 5) is 25.6. The lowest BCUT2D eigenvalue weighted by molar-refractivity contribution is -0.121. The second-order valence-corrected chi connectivity index (χ2v) is 8.66. The topological polar surface area (TPSA) is 83.6 Å². The number of rotatable bonds is 5. The van der Waals surface area contributed by atoms with Crippen LogP contribution < -0.4 is 10.2 Å². The molecule has 0 aliphatic carbocycles. The maximum Gasteiger partial charge on any atom is 0.223 e. The molecule has 1 unspecified atom stereocenters. The van der Waals surface area contributed by atoms with Gasteiger partial charge in [-0.1, -0.05) is 6.07 Å². The van der Waals surface area contributed by atoms with Crippen molar-refractivity contribution >= 4 is 27.3 Å². The van der Waals surface area contributed by atoms with Gasteiger partial charge in [-0.3, -0.25) is 9.59 Å². The van der Waals surface area contributed by atoms with Gasteiger partial charge in [0.2, 0.25) is 11.8 Å². The first-order valence-corrected chi connectivity index (χ1v) is 9.84. The van der Waals surface area contributed by atoms with Crippen molar-refractivity contribution in [3.8, 4) is 0 Å². The van der Waals surface area contributed by atoms with Crippen LogP contribution in [0.5, 0.6) is 0 Å². The van der Waals surface area contributed by atoms with Crippen molar-refractivity contribution in [3.63, 3.8) is 0 Å². The first kappa shape index (κ1) is 18.4. The first-order chi connectivity index (χ1) is 11.2. The van der Waals surface area contributed by atoms with E-state index in [1.54, 1.807) is 4.90 Å². The molecule has 1 fully saturated rings. The summed E-state index contributed by atoms with van der Waals surface area (Å²) in [6.45, 7) is 5.66. The van der Waals surface area contributed by atoms with Crippen molar-refractivity contribution in [2.75, 3.05) is 23.0 Å². The van der Waals surface area contributed by atoms with Gasteiger partial charge in [0.25, 0.3) is 0 Å². The number of hydrogen-bond acceptors (Lipinski definition) is 4. The van der Waals surface area contributed by atoms with Crippen molar-refractivity contribution in [1.82, 2.24) is 5.32 Å². The second kappa shape index (κ2) is 7.34. The summed E-state index contributed by atoms with van der Waals surface area (Å²) in [7, 11) is -3.02. The van der Waals surface area contributed by atoms with Crippen molar-refractivity contribution in [1.29, 1.82) is 0 Å². The average molecular weight is 352 g/mol. The molecule has 0 aromatic heterocycles. The van der Waals surface area contributed by atoms with E-state index in [9.17, 15) is 18.0 Å². The third-order valence-corrected chi connectivity index (χ3v) is 5.83. The summed E-state index contributed by atoms with van der Waals surface area (Å²) in [6, 6.07) is 5.54. The molecule has 0 bridgehead atoms. The molecule has 2 amide bonds. The van der Waals surface area contributed by atoms with E-state index in [-0.39, 0.29) is 42.3 Å². The largest absolute Gasteiger partial charge is 0.352 e. The molecule has 1 saturated heterocycles. The standard InChI is InChI=1S/C17H24N2O4S/c1-12-8-13(2)10-16(9-12)19(14(3)20)6-4-17(21)18-15-5-7-24(22,23)11-15/h8-10,15H,4-7,11H2,1-3H3,(H,18,21). The van der Waals surface area contributed by atoms with Crippen LogP contribution >= 0.6 is 0 Å². The number of anilines is 1. The molecule has 1 atom stereocenters. The summed E-state index contributed by atoms with van der Waals surface area (Å²) < 4.78 is 22.8. The van der Waals surface area contributed by atoms with E-state index in [2.05, 4.69) is 5.32 Å². The number of sulfone groups is 1. The normalized spacial score (nSPS) is 19.0. The SMILES string of the molecule is CC(=O)N(CCC(=O)NC1CCS(=O)(=O)C1)c1cc(C)cc(C)c1. The van der Waals surface area contributed by atoms with Crippen LogP contribution in [0.15, 0.2) is 18.2 Å². The fourth-order valence-electron chi connectivity index (χ4n) is 3.00. The van der Waals surface area contributed by atoms with Gasteiger partial charge >= 0.3 is 0 Å². The maximum atomic E-state index is 12.1.